The molecule has 2 fully saturated rings. The van der Waals surface area contributed by atoms with E-state index in [0.717, 1.165) is 25.7 Å². The van der Waals surface area contributed by atoms with Crippen LogP contribution in [0.3, 0.4) is 0 Å². The van der Waals surface area contributed by atoms with Crippen LogP contribution in [0.2, 0.25) is 0 Å². The monoisotopic (exact) mass is 374 g/mol. The van der Waals surface area contributed by atoms with E-state index in [1.165, 1.54) is 0 Å². The molecule has 0 atom stereocenters. The summed E-state index contributed by atoms with van der Waals surface area (Å²) in [6.07, 6.45) is 4.39. The topological polar surface area (TPSA) is 59.1 Å². The summed E-state index contributed by atoms with van der Waals surface area (Å²) in [5.41, 5.74) is 0.582. The summed E-state index contributed by atoms with van der Waals surface area (Å²) in [7, 11) is 1.57. The van der Waals surface area contributed by atoms with Crippen LogP contribution >= 0.6 is 0 Å². The Morgan fingerprint density at radius 3 is 2.22 bits per heavy atom. The van der Waals surface area contributed by atoms with Crippen molar-refractivity contribution < 1.29 is 19.1 Å². The molecule has 6 heteroatoms. The second-order valence-corrected chi connectivity index (χ2v) is 7.63. The van der Waals surface area contributed by atoms with Crippen molar-refractivity contribution in [2.75, 3.05) is 33.3 Å². The van der Waals surface area contributed by atoms with Crippen LogP contribution in [0.5, 0.6) is 11.5 Å². The molecule has 1 aromatic carbocycles. The maximum Gasteiger partial charge on any atom is 0.254 e. The minimum absolute atomic E-state index is 0.0302. The van der Waals surface area contributed by atoms with Gasteiger partial charge < -0.3 is 19.3 Å². The number of nitrogens with zero attached hydrogens (tertiary/aromatic N) is 2. The Bertz CT molecular complexity index is 675. The molecular formula is C21H30N2O4. The average molecular weight is 374 g/mol. The first kappa shape index (κ1) is 19.5. The Balaban J connectivity index is 1.61. The van der Waals surface area contributed by atoms with E-state index in [0.29, 0.717) is 43.2 Å². The Kier molecular flexibility index (Phi) is 6.24. The normalized spacial score (nSPS) is 18.1. The highest BCUT2D eigenvalue weighted by Gasteiger charge is 2.30. The number of carbonyl (C=O) groups excluding carboxylic acids is 2. The first-order valence-electron chi connectivity index (χ1n) is 9.92. The van der Waals surface area contributed by atoms with E-state index < -0.39 is 0 Å². The second-order valence-electron chi connectivity index (χ2n) is 7.63. The van der Waals surface area contributed by atoms with Crippen molar-refractivity contribution in [1.82, 2.24) is 9.80 Å². The zero-order valence-corrected chi connectivity index (χ0v) is 16.6. The molecule has 0 aromatic heterocycles. The lowest BCUT2D eigenvalue weighted by Gasteiger charge is -2.36. The molecule has 0 N–H and O–H groups in total. The van der Waals surface area contributed by atoms with E-state index >= 15 is 0 Å². The van der Waals surface area contributed by atoms with Gasteiger partial charge in [0.2, 0.25) is 5.91 Å². The Morgan fingerprint density at radius 2 is 1.63 bits per heavy atom. The maximum atomic E-state index is 12.9. The molecular weight excluding hydrogens is 344 g/mol. The van der Waals surface area contributed by atoms with Crippen molar-refractivity contribution in [3.05, 3.63) is 23.8 Å². The standard InChI is InChI=1S/C21H30N2O4/c1-15(2)27-18-9-8-17(14-19(18)26-3)21(25)23-12-10-22(11-13-23)20(24)16-6-4-5-7-16/h8-9,14-16H,4-7,10-13H2,1-3H3. The predicted octanol–water partition coefficient (Wildman–Crippen LogP) is 2.96. The quantitative estimate of drug-likeness (QED) is 0.795. The van der Waals surface area contributed by atoms with Crippen LogP contribution in [0.1, 0.15) is 49.9 Å². The summed E-state index contributed by atoms with van der Waals surface area (Å²) in [6.45, 7) is 6.28. The molecule has 148 valence electrons. The SMILES string of the molecule is COc1cc(C(=O)N2CCN(C(=O)C3CCCC3)CC2)ccc1OC(C)C. The fraction of sp³-hybridized carbons (Fsp3) is 0.619. The number of carbonyl (C=O) groups is 2. The van der Waals surface area contributed by atoms with Gasteiger partial charge in [0, 0.05) is 37.7 Å². The lowest BCUT2D eigenvalue weighted by atomic mass is 10.1. The van der Waals surface area contributed by atoms with Crippen LogP contribution in [-0.2, 0) is 4.79 Å². The van der Waals surface area contributed by atoms with Crippen LogP contribution in [-0.4, -0.2) is 61.0 Å². The molecule has 0 bridgehead atoms. The third-order valence-electron chi connectivity index (χ3n) is 5.36. The van der Waals surface area contributed by atoms with Crippen LogP contribution in [0.15, 0.2) is 18.2 Å². The molecule has 1 aliphatic carbocycles. The van der Waals surface area contributed by atoms with Crippen molar-refractivity contribution in [2.45, 2.75) is 45.6 Å². The number of piperazine rings is 1. The van der Waals surface area contributed by atoms with Gasteiger partial charge in [-0.25, -0.2) is 0 Å². The number of rotatable bonds is 5. The summed E-state index contributed by atoms with van der Waals surface area (Å²) < 4.78 is 11.1. The first-order chi connectivity index (χ1) is 13.0. The molecule has 3 rings (SSSR count). The van der Waals surface area contributed by atoms with Gasteiger partial charge in [-0.15, -0.1) is 0 Å². The molecule has 1 heterocycles. The minimum Gasteiger partial charge on any atom is -0.493 e. The molecule has 27 heavy (non-hydrogen) atoms. The Morgan fingerprint density at radius 1 is 1.00 bits per heavy atom. The smallest absolute Gasteiger partial charge is 0.254 e. The average Bonchev–Trinajstić information content (AvgIpc) is 3.21. The highest BCUT2D eigenvalue weighted by atomic mass is 16.5. The Labute approximate surface area is 161 Å². The number of hydrogen-bond acceptors (Lipinski definition) is 4. The van der Waals surface area contributed by atoms with E-state index in [-0.39, 0.29) is 23.8 Å². The fourth-order valence-electron chi connectivity index (χ4n) is 3.90. The lowest BCUT2D eigenvalue weighted by Crippen LogP contribution is -2.51. The zero-order valence-electron chi connectivity index (χ0n) is 16.6. The van der Waals surface area contributed by atoms with Crippen LogP contribution < -0.4 is 9.47 Å². The van der Waals surface area contributed by atoms with Gasteiger partial charge in [-0.2, -0.15) is 0 Å². The third kappa shape index (κ3) is 4.54. The van der Waals surface area contributed by atoms with E-state index in [1.54, 1.807) is 25.3 Å². The van der Waals surface area contributed by atoms with Gasteiger partial charge in [-0.05, 0) is 44.9 Å². The van der Waals surface area contributed by atoms with Gasteiger partial charge in [0.15, 0.2) is 11.5 Å². The van der Waals surface area contributed by atoms with E-state index in [9.17, 15) is 9.59 Å². The van der Waals surface area contributed by atoms with Crippen molar-refractivity contribution >= 4 is 11.8 Å². The molecule has 6 nitrogen and oxygen atoms in total. The van der Waals surface area contributed by atoms with Gasteiger partial charge in [0.1, 0.15) is 0 Å². The molecule has 0 radical (unpaired) electrons. The van der Waals surface area contributed by atoms with Gasteiger partial charge in [-0.1, -0.05) is 12.8 Å². The van der Waals surface area contributed by atoms with Gasteiger partial charge in [0.25, 0.3) is 5.91 Å². The van der Waals surface area contributed by atoms with Gasteiger partial charge in [-0.3, -0.25) is 9.59 Å². The largest absolute Gasteiger partial charge is 0.493 e. The summed E-state index contributed by atoms with van der Waals surface area (Å²) >= 11 is 0. The minimum atomic E-state index is -0.0302. The van der Waals surface area contributed by atoms with E-state index in [1.807, 2.05) is 23.6 Å². The molecule has 2 amide bonds. The highest BCUT2D eigenvalue weighted by Crippen LogP contribution is 2.30. The van der Waals surface area contributed by atoms with Crippen molar-refractivity contribution in [3.8, 4) is 11.5 Å². The third-order valence-corrected chi connectivity index (χ3v) is 5.36. The molecule has 0 spiro atoms. The van der Waals surface area contributed by atoms with Crippen LogP contribution in [0, 0.1) is 5.92 Å². The van der Waals surface area contributed by atoms with E-state index in [2.05, 4.69) is 0 Å². The molecule has 0 unspecified atom stereocenters. The number of hydrogen-bond donors (Lipinski definition) is 0. The number of amides is 2. The van der Waals surface area contributed by atoms with E-state index in [4.69, 9.17) is 9.47 Å². The number of benzene rings is 1. The zero-order chi connectivity index (χ0) is 19.4. The van der Waals surface area contributed by atoms with Gasteiger partial charge >= 0.3 is 0 Å². The van der Waals surface area contributed by atoms with Crippen molar-refractivity contribution in [3.63, 3.8) is 0 Å². The molecule has 1 saturated carbocycles. The summed E-state index contributed by atoms with van der Waals surface area (Å²) in [5, 5.41) is 0. The second kappa shape index (κ2) is 8.63. The van der Waals surface area contributed by atoms with Crippen molar-refractivity contribution in [2.24, 2.45) is 5.92 Å². The molecule has 2 aliphatic rings. The summed E-state index contributed by atoms with van der Waals surface area (Å²) in [6, 6.07) is 5.29. The van der Waals surface area contributed by atoms with Crippen LogP contribution in [0.4, 0.5) is 0 Å². The van der Waals surface area contributed by atoms with Crippen molar-refractivity contribution in [1.29, 1.82) is 0 Å². The number of methoxy groups -OCH3 is 1. The molecule has 1 saturated heterocycles. The summed E-state index contributed by atoms with van der Waals surface area (Å²) in [5.74, 6) is 1.64. The lowest BCUT2D eigenvalue weighted by molar-refractivity contribution is -0.136. The Hall–Kier alpha value is -2.24. The highest BCUT2D eigenvalue weighted by molar-refractivity contribution is 5.95. The fourth-order valence-corrected chi connectivity index (χ4v) is 3.90. The predicted molar refractivity (Wildman–Crippen MR) is 103 cm³/mol. The molecule has 1 aliphatic heterocycles. The molecule has 1 aromatic rings. The van der Waals surface area contributed by atoms with Gasteiger partial charge in [0.05, 0.1) is 13.2 Å². The summed E-state index contributed by atoms with van der Waals surface area (Å²) in [4.78, 5) is 29.2. The maximum absolute atomic E-state index is 12.9. The first-order valence-corrected chi connectivity index (χ1v) is 9.92. The number of ether oxygens (including phenoxy) is 2. The van der Waals surface area contributed by atoms with Crippen LogP contribution in [0.25, 0.3) is 0 Å².